The van der Waals surface area contributed by atoms with Crippen molar-refractivity contribution in [1.82, 2.24) is 0 Å². The van der Waals surface area contributed by atoms with Crippen LogP contribution >= 0.6 is 0 Å². The molecular formula is C56H70N2. The van der Waals surface area contributed by atoms with Gasteiger partial charge in [-0.3, -0.25) is 0 Å². The Morgan fingerprint density at radius 1 is 0.207 bits per heavy atom. The summed E-state index contributed by atoms with van der Waals surface area (Å²) < 4.78 is 0. The molecule has 0 amide bonds. The SMILES string of the molecule is Cc1cc(C)c(N(c2c(C)c(C)c(C)c(C)c2C)c2c(C)c(C)c3c(C)c(N(c4c(C)cc(C)cc4C)c4c(C)c(C)c(C)c(C)c4C)c(C)c(C)c3c2C)c(C)c1. The molecule has 0 aliphatic carbocycles. The van der Waals surface area contributed by atoms with E-state index in [-0.39, 0.29) is 0 Å². The second-order valence-electron chi connectivity index (χ2n) is 18.3. The van der Waals surface area contributed by atoms with Gasteiger partial charge in [-0.1, -0.05) is 35.4 Å². The molecular weight excluding hydrogens is 701 g/mol. The largest absolute Gasteiger partial charge is 0.309 e. The van der Waals surface area contributed by atoms with Crippen molar-refractivity contribution in [3.05, 3.63) is 147 Å². The summed E-state index contributed by atoms with van der Waals surface area (Å²) in [5.41, 5.74) is 37.4. The van der Waals surface area contributed by atoms with Crippen LogP contribution in [0.2, 0.25) is 0 Å². The third-order valence-electron chi connectivity index (χ3n) is 14.8. The Hall–Kier alpha value is -4.82. The number of hydrogen-bond donors (Lipinski definition) is 0. The van der Waals surface area contributed by atoms with Gasteiger partial charge in [-0.05, 0) is 274 Å². The summed E-state index contributed by atoms with van der Waals surface area (Å²) in [5, 5.41) is 2.75. The van der Waals surface area contributed by atoms with E-state index in [2.05, 4.69) is 186 Å². The molecule has 0 N–H and O–H groups in total. The molecule has 0 aromatic heterocycles. The highest BCUT2D eigenvalue weighted by Gasteiger charge is 2.32. The highest BCUT2D eigenvalue weighted by molar-refractivity contribution is 6.06. The fourth-order valence-electron chi connectivity index (χ4n) is 10.9. The molecule has 2 heteroatoms. The molecule has 0 atom stereocenters. The molecule has 0 radical (unpaired) electrons. The zero-order valence-electron chi connectivity index (χ0n) is 40.2. The van der Waals surface area contributed by atoms with Crippen LogP contribution in [-0.2, 0) is 0 Å². The fraction of sp³-hybridized carbons (Fsp3) is 0.393. The van der Waals surface area contributed by atoms with Crippen LogP contribution in [0.3, 0.4) is 0 Å². The lowest BCUT2D eigenvalue weighted by Crippen LogP contribution is -2.21. The first-order chi connectivity index (χ1) is 27.0. The third kappa shape index (κ3) is 6.29. The quantitative estimate of drug-likeness (QED) is 0.166. The van der Waals surface area contributed by atoms with Crippen LogP contribution in [0.4, 0.5) is 34.1 Å². The average molecular weight is 771 g/mol. The second-order valence-corrected chi connectivity index (χ2v) is 18.3. The van der Waals surface area contributed by atoms with Gasteiger partial charge < -0.3 is 9.80 Å². The zero-order chi connectivity index (χ0) is 43.3. The van der Waals surface area contributed by atoms with E-state index in [1.807, 2.05) is 0 Å². The number of fused-ring (bicyclic) bond motifs is 1. The molecule has 0 bridgehead atoms. The Morgan fingerprint density at radius 2 is 0.397 bits per heavy atom. The number of benzene rings is 6. The highest BCUT2D eigenvalue weighted by atomic mass is 15.2. The van der Waals surface area contributed by atoms with Gasteiger partial charge in [-0.15, -0.1) is 0 Å². The van der Waals surface area contributed by atoms with E-state index in [9.17, 15) is 0 Å². The summed E-state index contributed by atoms with van der Waals surface area (Å²) in [7, 11) is 0. The Balaban J connectivity index is 1.83. The third-order valence-corrected chi connectivity index (χ3v) is 14.8. The molecule has 0 unspecified atom stereocenters. The van der Waals surface area contributed by atoms with Crippen molar-refractivity contribution >= 4 is 44.9 Å². The number of nitrogens with zero attached hydrogens (tertiary/aromatic N) is 2. The predicted octanol–water partition coefficient (Wildman–Crippen LogP) is 16.6. The highest BCUT2D eigenvalue weighted by Crippen LogP contribution is 2.53. The van der Waals surface area contributed by atoms with Crippen LogP contribution in [0.5, 0.6) is 0 Å². The first-order valence-electron chi connectivity index (χ1n) is 21.4. The maximum Gasteiger partial charge on any atom is 0.0529 e. The van der Waals surface area contributed by atoms with Crippen LogP contribution in [0.1, 0.15) is 122 Å². The second kappa shape index (κ2) is 15.1. The van der Waals surface area contributed by atoms with E-state index >= 15 is 0 Å². The Morgan fingerprint density at radius 3 is 0.638 bits per heavy atom. The lowest BCUT2D eigenvalue weighted by atomic mass is 9.83. The fourth-order valence-corrected chi connectivity index (χ4v) is 10.9. The van der Waals surface area contributed by atoms with Gasteiger partial charge in [-0.2, -0.15) is 0 Å². The average Bonchev–Trinajstić information content (AvgIpc) is 3.14. The van der Waals surface area contributed by atoms with Crippen molar-refractivity contribution in [2.75, 3.05) is 9.80 Å². The first kappa shape index (κ1) is 42.8. The standard InChI is InChI=1S/C56H70N2/c1-27-23-29(3)51(30(4)24-27)57(53-41(15)35(9)33(7)36(10)42(53)16)55-45(19)39(13)50-48(22)56(46(20)40(14)49(50)47(55)21)58(52-31(5)25-28(2)26-32(52)6)54-43(17)37(11)34(8)38(12)44(54)18/h23-26H,1-22H3. The monoisotopic (exact) mass is 771 g/mol. The molecule has 0 fully saturated rings. The zero-order valence-corrected chi connectivity index (χ0v) is 40.2. The maximum atomic E-state index is 2.67. The Labute approximate surface area is 352 Å². The van der Waals surface area contributed by atoms with Crippen LogP contribution < -0.4 is 9.80 Å². The minimum Gasteiger partial charge on any atom is -0.309 e. The Bertz CT molecular complexity index is 2440. The maximum absolute atomic E-state index is 2.67. The predicted molar refractivity (Wildman–Crippen MR) is 258 cm³/mol. The van der Waals surface area contributed by atoms with Gasteiger partial charge in [0.05, 0.1) is 34.1 Å². The molecule has 304 valence electrons. The van der Waals surface area contributed by atoms with E-state index in [4.69, 9.17) is 0 Å². The minimum absolute atomic E-state index is 1.29. The van der Waals surface area contributed by atoms with Crippen molar-refractivity contribution in [1.29, 1.82) is 0 Å². The van der Waals surface area contributed by atoms with E-state index < -0.39 is 0 Å². The summed E-state index contributed by atoms with van der Waals surface area (Å²) in [5.74, 6) is 0. The lowest BCUT2D eigenvalue weighted by molar-refractivity contribution is 1.09. The van der Waals surface area contributed by atoms with Crippen molar-refractivity contribution in [3.63, 3.8) is 0 Å². The number of aryl methyl sites for hydroxylation is 10. The smallest absolute Gasteiger partial charge is 0.0529 e. The molecule has 0 saturated carbocycles. The summed E-state index contributed by atoms with van der Waals surface area (Å²) in [6.45, 7) is 51.1. The molecule has 0 spiro atoms. The lowest BCUT2D eigenvalue weighted by Gasteiger charge is -2.38. The molecule has 0 aliphatic rings. The van der Waals surface area contributed by atoms with Gasteiger partial charge in [0, 0.05) is 0 Å². The minimum atomic E-state index is 1.29. The summed E-state index contributed by atoms with van der Waals surface area (Å²) >= 11 is 0. The molecule has 0 heterocycles. The van der Waals surface area contributed by atoms with Gasteiger partial charge >= 0.3 is 0 Å². The molecule has 58 heavy (non-hydrogen) atoms. The van der Waals surface area contributed by atoms with Crippen LogP contribution in [0.15, 0.2) is 24.3 Å². The van der Waals surface area contributed by atoms with Gasteiger partial charge in [0.15, 0.2) is 0 Å². The molecule has 6 aromatic carbocycles. The van der Waals surface area contributed by atoms with Crippen molar-refractivity contribution in [3.8, 4) is 0 Å². The van der Waals surface area contributed by atoms with E-state index in [1.165, 1.54) is 167 Å². The number of hydrogen-bond acceptors (Lipinski definition) is 2. The van der Waals surface area contributed by atoms with Crippen molar-refractivity contribution < 1.29 is 0 Å². The normalized spacial score (nSPS) is 11.6. The van der Waals surface area contributed by atoms with Gasteiger partial charge in [0.2, 0.25) is 0 Å². The molecule has 6 rings (SSSR count). The van der Waals surface area contributed by atoms with E-state index in [1.54, 1.807) is 0 Å². The number of rotatable bonds is 6. The van der Waals surface area contributed by atoms with Crippen molar-refractivity contribution in [2.45, 2.75) is 152 Å². The van der Waals surface area contributed by atoms with Gasteiger partial charge in [-0.25, -0.2) is 0 Å². The first-order valence-corrected chi connectivity index (χ1v) is 21.4. The molecule has 2 nitrogen and oxygen atoms in total. The van der Waals surface area contributed by atoms with Crippen LogP contribution in [0, 0.1) is 152 Å². The Kier molecular flexibility index (Phi) is 11.1. The number of anilines is 6. The summed E-state index contributed by atoms with van der Waals surface area (Å²) in [6, 6.07) is 9.45. The summed E-state index contributed by atoms with van der Waals surface area (Å²) in [4.78, 5) is 5.33. The van der Waals surface area contributed by atoms with Crippen LogP contribution in [0.25, 0.3) is 10.8 Å². The van der Waals surface area contributed by atoms with Crippen LogP contribution in [-0.4, -0.2) is 0 Å². The molecule has 6 aromatic rings. The topological polar surface area (TPSA) is 6.48 Å². The molecule has 0 aliphatic heterocycles. The van der Waals surface area contributed by atoms with Gasteiger partial charge in [0.1, 0.15) is 0 Å². The van der Waals surface area contributed by atoms with Gasteiger partial charge in [0.25, 0.3) is 0 Å². The summed E-state index contributed by atoms with van der Waals surface area (Å²) in [6.07, 6.45) is 0. The van der Waals surface area contributed by atoms with Crippen molar-refractivity contribution in [2.24, 2.45) is 0 Å². The van der Waals surface area contributed by atoms with E-state index in [0.29, 0.717) is 0 Å². The molecule has 0 saturated heterocycles. The van der Waals surface area contributed by atoms with E-state index in [0.717, 1.165) is 0 Å².